The number of aromatic nitrogens is 1. The first-order chi connectivity index (χ1) is 15.8. The second-order valence-electron chi connectivity index (χ2n) is 10.4. The molecule has 0 aromatic carbocycles. The Morgan fingerprint density at radius 2 is 2.00 bits per heavy atom. The van der Waals surface area contributed by atoms with Crippen molar-refractivity contribution in [3.8, 4) is 0 Å². The molecule has 0 radical (unpaired) electrons. The molecule has 0 saturated carbocycles. The summed E-state index contributed by atoms with van der Waals surface area (Å²) in [4.78, 5) is 17.3. The molecule has 0 aliphatic carbocycles. The number of carbonyl (C=O) groups excluding carboxylic acids is 1. The van der Waals surface area contributed by atoms with Crippen LogP contribution in [0.5, 0.6) is 0 Å². The maximum absolute atomic E-state index is 13.4. The molecule has 1 aliphatic heterocycles. The minimum Gasteiger partial charge on any atom is -0.688 e. The van der Waals surface area contributed by atoms with E-state index in [0.29, 0.717) is 6.42 Å². The van der Waals surface area contributed by atoms with Crippen molar-refractivity contribution in [2.24, 2.45) is 5.92 Å². The molecule has 2 N–H and O–H groups in total. The highest BCUT2D eigenvalue weighted by atomic mass is 32.2. The lowest BCUT2D eigenvalue weighted by atomic mass is 9.94. The van der Waals surface area contributed by atoms with E-state index >= 15 is 0 Å². The first kappa shape index (κ1) is 29.0. The molecule has 0 fully saturated rings. The van der Waals surface area contributed by atoms with Crippen molar-refractivity contribution in [3.63, 3.8) is 0 Å². The first-order valence-electron chi connectivity index (χ1n) is 12.2. The molecule has 1 aromatic heterocycles. The fourth-order valence-electron chi connectivity index (χ4n) is 4.40. The number of carbonyl (C=O) groups is 1. The average molecular weight is 514 g/mol. The van der Waals surface area contributed by atoms with E-state index in [-0.39, 0.29) is 12.3 Å². The maximum atomic E-state index is 13.4. The van der Waals surface area contributed by atoms with E-state index < -0.39 is 45.5 Å². The Bertz CT molecular complexity index is 878. The second kappa shape index (κ2) is 12.7. The molecule has 8 heteroatoms. The van der Waals surface area contributed by atoms with Gasteiger partial charge in [-0.25, -0.2) is 4.98 Å². The number of aryl methyl sites for hydroxylation is 1. The largest absolute Gasteiger partial charge is 0.688 e. The van der Waals surface area contributed by atoms with Crippen LogP contribution in [0.15, 0.2) is 22.6 Å². The van der Waals surface area contributed by atoms with Gasteiger partial charge in [-0.05, 0) is 78.4 Å². The molecule has 194 valence electrons. The highest BCUT2D eigenvalue weighted by Gasteiger charge is 2.40. The summed E-state index contributed by atoms with van der Waals surface area (Å²) >= 11 is -0.860. The van der Waals surface area contributed by atoms with Gasteiger partial charge in [-0.1, -0.05) is 18.6 Å². The summed E-state index contributed by atoms with van der Waals surface area (Å²) in [6, 6.07) is 0. The number of aliphatic hydroxyl groups excluding tert-OH is 2. The van der Waals surface area contributed by atoms with Crippen molar-refractivity contribution in [1.82, 2.24) is 4.98 Å². The number of nitrogens with zero attached hydrogens (tertiary/aromatic N) is 1. The van der Waals surface area contributed by atoms with Crippen molar-refractivity contribution in [2.75, 3.05) is 0 Å². The lowest BCUT2D eigenvalue weighted by molar-refractivity contribution is -0.149. The molecule has 1 aliphatic rings. The number of hydrogen-bond acceptors (Lipinski definition) is 7. The Kier molecular flexibility index (Phi) is 10.8. The number of aliphatic hydroxyl groups is 2. The summed E-state index contributed by atoms with van der Waals surface area (Å²) in [5.74, 6) is -0.524. The number of cyclic esters (lactones) is 1. The van der Waals surface area contributed by atoms with Gasteiger partial charge in [0, 0.05) is 11.8 Å². The predicted molar refractivity (Wildman–Crippen MR) is 143 cm³/mol. The van der Waals surface area contributed by atoms with Crippen LogP contribution in [0.25, 0.3) is 6.08 Å². The average Bonchev–Trinajstić information content (AvgIpc) is 3.18. The standard InChI is InChI=1S/C26H43NO5S2/c1-16-9-8-10-17(2)25(30)19(4)34(31)26(6,7)23(28)14-24(29)32-22(12-11-16)18(3)13-21-15-33-20(5)27-21/h11,13,15,17,19,22-23,25,28,30H,8-10,12,14,34H2,1-7H3/b16-11+,18-13+/t17-,19+,22-,23-,25-/m0/s1. The quantitative estimate of drug-likeness (QED) is 0.345. The van der Waals surface area contributed by atoms with Crippen LogP contribution in [-0.2, 0) is 20.7 Å². The summed E-state index contributed by atoms with van der Waals surface area (Å²) in [5.41, 5.74) is 2.93. The number of esters is 1. The Labute approximate surface area is 211 Å². The molecular formula is C26H43NO5S2. The highest BCUT2D eigenvalue weighted by Crippen LogP contribution is 2.32. The van der Waals surface area contributed by atoms with E-state index in [1.807, 2.05) is 32.2 Å². The van der Waals surface area contributed by atoms with Gasteiger partial charge in [0.15, 0.2) is 0 Å². The van der Waals surface area contributed by atoms with Gasteiger partial charge >= 0.3 is 5.97 Å². The van der Waals surface area contributed by atoms with Gasteiger partial charge < -0.3 is 30.7 Å². The number of rotatable bonds is 2. The van der Waals surface area contributed by atoms with Crippen LogP contribution in [-0.4, -0.2) is 54.0 Å². The van der Waals surface area contributed by atoms with Gasteiger partial charge in [0.25, 0.3) is 0 Å². The van der Waals surface area contributed by atoms with Gasteiger partial charge in [0.05, 0.1) is 33.2 Å². The molecule has 5 atom stereocenters. The van der Waals surface area contributed by atoms with Crippen molar-refractivity contribution in [2.45, 2.75) is 109 Å². The van der Waals surface area contributed by atoms with Crippen LogP contribution in [0.2, 0.25) is 0 Å². The first-order valence-corrected chi connectivity index (χ1v) is 14.5. The summed E-state index contributed by atoms with van der Waals surface area (Å²) in [7, 11) is 0. The zero-order valence-electron chi connectivity index (χ0n) is 21.6. The molecular weight excluding hydrogens is 470 g/mol. The Morgan fingerprint density at radius 1 is 1.32 bits per heavy atom. The predicted octanol–water partition coefficient (Wildman–Crippen LogP) is 4.42. The molecule has 6 nitrogen and oxygen atoms in total. The van der Waals surface area contributed by atoms with Gasteiger partial charge in [0.1, 0.15) is 12.2 Å². The zero-order valence-corrected chi connectivity index (χ0v) is 23.4. The van der Waals surface area contributed by atoms with Crippen LogP contribution >= 0.6 is 11.3 Å². The van der Waals surface area contributed by atoms with E-state index in [2.05, 4.69) is 18.0 Å². The maximum Gasteiger partial charge on any atom is 0.309 e. The molecule has 2 heterocycles. The van der Waals surface area contributed by atoms with Crippen LogP contribution in [0.3, 0.4) is 0 Å². The van der Waals surface area contributed by atoms with Crippen molar-refractivity contribution in [1.29, 1.82) is 0 Å². The highest BCUT2D eigenvalue weighted by molar-refractivity contribution is 7.93. The van der Waals surface area contributed by atoms with Crippen molar-refractivity contribution >= 4 is 34.6 Å². The smallest absolute Gasteiger partial charge is 0.309 e. The van der Waals surface area contributed by atoms with Crippen LogP contribution < -0.4 is 0 Å². The van der Waals surface area contributed by atoms with Crippen molar-refractivity contribution < 1.29 is 24.3 Å². The minimum absolute atomic E-state index is 0.00191. The topological polar surface area (TPSA) is 103 Å². The summed E-state index contributed by atoms with van der Waals surface area (Å²) in [6.07, 6.45) is 4.65. The Balaban J connectivity index is 2.32. The van der Waals surface area contributed by atoms with E-state index in [1.165, 1.54) is 5.57 Å². The number of ether oxygens (including phenoxy) is 1. The third kappa shape index (κ3) is 7.92. The van der Waals surface area contributed by atoms with E-state index in [9.17, 15) is 19.6 Å². The zero-order chi connectivity index (χ0) is 25.6. The minimum atomic E-state index is -2.43. The summed E-state index contributed by atoms with van der Waals surface area (Å²) in [6.45, 7) is 13.1. The molecule has 2 rings (SSSR count). The Hall–Kier alpha value is -1.19. The van der Waals surface area contributed by atoms with Crippen molar-refractivity contribution in [3.05, 3.63) is 33.3 Å². The lowest BCUT2D eigenvalue weighted by Crippen LogP contribution is -2.52. The molecule has 0 unspecified atom stereocenters. The van der Waals surface area contributed by atoms with Gasteiger partial charge in [0.2, 0.25) is 0 Å². The number of hydrogen-bond donors (Lipinski definition) is 2. The fraction of sp³-hybridized carbons (Fsp3) is 0.692. The molecule has 0 amide bonds. The second-order valence-corrected chi connectivity index (χ2v) is 14.4. The van der Waals surface area contributed by atoms with Crippen LogP contribution in [0, 0.1) is 12.8 Å². The third-order valence-corrected chi connectivity index (χ3v) is 10.6. The van der Waals surface area contributed by atoms with Crippen LogP contribution in [0.1, 0.15) is 84.3 Å². The lowest BCUT2D eigenvalue weighted by Gasteiger charge is -2.47. The number of thiazole rings is 1. The van der Waals surface area contributed by atoms with Gasteiger partial charge in [-0.15, -0.1) is 11.3 Å². The monoisotopic (exact) mass is 513 g/mol. The molecule has 0 spiro atoms. The van der Waals surface area contributed by atoms with Gasteiger partial charge in [-0.2, -0.15) is 0 Å². The van der Waals surface area contributed by atoms with E-state index in [4.69, 9.17) is 4.74 Å². The molecule has 0 saturated heterocycles. The van der Waals surface area contributed by atoms with E-state index in [1.54, 1.807) is 32.1 Å². The third-order valence-electron chi connectivity index (χ3n) is 7.04. The normalized spacial score (nSPS) is 33.2. The number of allylic oxidation sites excluding steroid dienone is 1. The molecule has 34 heavy (non-hydrogen) atoms. The molecule has 1 aromatic rings. The summed E-state index contributed by atoms with van der Waals surface area (Å²) in [5, 5.41) is 24.2. The summed E-state index contributed by atoms with van der Waals surface area (Å²) < 4.78 is 18.2. The SMILES string of the molecule is C/C1=C\C[C@@H](/C(C)=C/c2csc(C)n2)OC(=O)C[C@H](O)C(C)(C)[SH2+]([O-])[C@H](C)[C@@H](O)[C@@H](C)CCC1. The molecule has 0 bridgehead atoms. The Morgan fingerprint density at radius 3 is 2.62 bits per heavy atom. The van der Waals surface area contributed by atoms with E-state index in [0.717, 1.165) is 35.5 Å². The van der Waals surface area contributed by atoms with Gasteiger partial charge in [-0.3, -0.25) is 4.79 Å². The van der Waals surface area contributed by atoms with Crippen LogP contribution in [0.4, 0.5) is 0 Å². The fourth-order valence-corrected chi connectivity index (χ4v) is 7.22.